The molecule has 1 aromatic carbocycles. The van der Waals surface area contributed by atoms with Crippen molar-refractivity contribution in [3.05, 3.63) is 47.7 Å². The van der Waals surface area contributed by atoms with Crippen LogP contribution in [0.25, 0.3) is 0 Å². The van der Waals surface area contributed by atoms with E-state index in [1.54, 1.807) is 18.3 Å². The Labute approximate surface area is 159 Å². The number of hydrogen-bond donors (Lipinski definition) is 2. The first-order chi connectivity index (χ1) is 13.0. The van der Waals surface area contributed by atoms with E-state index >= 15 is 0 Å². The lowest BCUT2D eigenvalue weighted by Gasteiger charge is -2.34. The fourth-order valence-electron chi connectivity index (χ4n) is 3.96. The molecule has 0 bridgehead atoms. The van der Waals surface area contributed by atoms with Gasteiger partial charge in [0.1, 0.15) is 0 Å². The summed E-state index contributed by atoms with van der Waals surface area (Å²) in [4.78, 5) is 32.3. The van der Waals surface area contributed by atoms with Crippen LogP contribution in [-0.2, 0) is 0 Å². The topological polar surface area (TPSA) is 74.3 Å². The highest BCUT2D eigenvalue weighted by Crippen LogP contribution is 2.34. The highest BCUT2D eigenvalue weighted by molar-refractivity contribution is 6.15. The molecule has 2 aromatic rings. The number of para-hydroxylation sites is 1. The first kappa shape index (κ1) is 17.7. The Bertz CT molecular complexity index is 896. The summed E-state index contributed by atoms with van der Waals surface area (Å²) in [6.07, 6.45) is 4.16. The number of aromatic nitrogens is 1. The molecule has 6 nitrogen and oxygen atoms in total. The van der Waals surface area contributed by atoms with Crippen molar-refractivity contribution in [2.75, 3.05) is 24.2 Å². The third-order valence-corrected chi connectivity index (χ3v) is 5.71. The molecule has 140 valence electrons. The van der Waals surface area contributed by atoms with Gasteiger partial charge in [-0.1, -0.05) is 12.1 Å². The summed E-state index contributed by atoms with van der Waals surface area (Å²) in [5.74, 6) is 0.713. The summed E-state index contributed by atoms with van der Waals surface area (Å²) >= 11 is 0. The fourth-order valence-corrected chi connectivity index (χ4v) is 3.96. The van der Waals surface area contributed by atoms with E-state index < -0.39 is 0 Å². The number of benzene rings is 1. The molecule has 2 aliphatic rings. The Hall–Kier alpha value is -2.73. The molecule has 0 aliphatic carbocycles. The molecular formula is C21H24N4O2. The van der Waals surface area contributed by atoms with Gasteiger partial charge in [0.15, 0.2) is 11.6 Å². The second-order valence-electron chi connectivity index (χ2n) is 7.55. The molecule has 2 atom stereocenters. The van der Waals surface area contributed by atoms with Gasteiger partial charge in [-0.15, -0.1) is 0 Å². The molecule has 1 aromatic heterocycles. The van der Waals surface area contributed by atoms with Crippen molar-refractivity contribution in [1.29, 1.82) is 0 Å². The second kappa shape index (κ2) is 7.12. The van der Waals surface area contributed by atoms with Crippen LogP contribution in [0.15, 0.2) is 36.5 Å². The van der Waals surface area contributed by atoms with Crippen molar-refractivity contribution >= 4 is 28.9 Å². The third-order valence-electron chi connectivity index (χ3n) is 5.71. The van der Waals surface area contributed by atoms with E-state index in [1.807, 2.05) is 18.2 Å². The zero-order valence-corrected chi connectivity index (χ0v) is 15.7. The molecule has 2 aliphatic heterocycles. The largest absolute Gasteiger partial charge is 0.338 e. The minimum absolute atomic E-state index is 0.0588. The van der Waals surface area contributed by atoms with Gasteiger partial charge in [0.2, 0.25) is 0 Å². The second-order valence-corrected chi connectivity index (χ2v) is 7.55. The van der Waals surface area contributed by atoms with Crippen molar-refractivity contribution in [3.8, 4) is 0 Å². The van der Waals surface area contributed by atoms with Crippen molar-refractivity contribution < 1.29 is 9.59 Å². The van der Waals surface area contributed by atoms with Crippen LogP contribution >= 0.6 is 0 Å². The number of fused-ring (bicyclic) bond motifs is 2. The minimum atomic E-state index is -0.230. The standard InChI is InChI=1S/C21H24N4O2/c1-13-11-14(8-10-25(13)2)12-18(26)16-7-9-22-20-19(16)24-21(27)15-5-3-4-6-17(15)23-20/h3-7,9,13-14H,8,10-12H2,1-2H3,(H,22,23)(H,24,27). The van der Waals surface area contributed by atoms with Crippen molar-refractivity contribution in [1.82, 2.24) is 9.88 Å². The predicted molar refractivity (Wildman–Crippen MR) is 106 cm³/mol. The molecule has 0 radical (unpaired) electrons. The van der Waals surface area contributed by atoms with E-state index in [4.69, 9.17) is 0 Å². The molecule has 1 amide bonds. The van der Waals surface area contributed by atoms with E-state index in [9.17, 15) is 9.59 Å². The number of carbonyl (C=O) groups excluding carboxylic acids is 2. The molecule has 0 saturated carbocycles. The van der Waals surface area contributed by atoms with Gasteiger partial charge in [0.05, 0.1) is 16.9 Å². The van der Waals surface area contributed by atoms with E-state index in [0.29, 0.717) is 46.7 Å². The monoisotopic (exact) mass is 364 g/mol. The van der Waals surface area contributed by atoms with Crippen LogP contribution in [0, 0.1) is 5.92 Å². The number of hydrogen-bond acceptors (Lipinski definition) is 5. The first-order valence-corrected chi connectivity index (χ1v) is 9.42. The fraction of sp³-hybridized carbons (Fsp3) is 0.381. The van der Waals surface area contributed by atoms with Crippen LogP contribution in [-0.4, -0.2) is 41.2 Å². The number of ketones is 1. The lowest BCUT2D eigenvalue weighted by Crippen LogP contribution is -2.38. The Morgan fingerprint density at radius 3 is 2.89 bits per heavy atom. The number of amides is 1. The number of piperidine rings is 1. The molecule has 0 spiro atoms. The predicted octanol–water partition coefficient (Wildman–Crippen LogP) is 3.69. The van der Waals surface area contributed by atoms with Crippen LogP contribution in [0.1, 0.15) is 46.9 Å². The van der Waals surface area contributed by atoms with Gasteiger partial charge in [-0.05, 0) is 57.5 Å². The number of anilines is 3. The highest BCUT2D eigenvalue weighted by Gasteiger charge is 2.28. The third kappa shape index (κ3) is 3.45. The summed E-state index contributed by atoms with van der Waals surface area (Å²) in [6, 6.07) is 9.46. The zero-order valence-electron chi connectivity index (χ0n) is 15.7. The molecule has 2 unspecified atom stereocenters. The van der Waals surface area contributed by atoms with Gasteiger partial charge < -0.3 is 15.5 Å². The van der Waals surface area contributed by atoms with Gasteiger partial charge in [0, 0.05) is 24.2 Å². The number of nitrogens with zero attached hydrogens (tertiary/aromatic N) is 2. The molecule has 4 rings (SSSR count). The number of nitrogens with one attached hydrogen (secondary N) is 2. The Morgan fingerprint density at radius 1 is 1.26 bits per heavy atom. The normalized spacial score (nSPS) is 22.1. The van der Waals surface area contributed by atoms with Crippen molar-refractivity contribution in [3.63, 3.8) is 0 Å². The van der Waals surface area contributed by atoms with E-state index in [0.717, 1.165) is 19.4 Å². The smallest absolute Gasteiger partial charge is 0.257 e. The first-order valence-electron chi connectivity index (χ1n) is 9.42. The lowest BCUT2D eigenvalue weighted by atomic mass is 9.86. The number of carbonyl (C=O) groups is 2. The highest BCUT2D eigenvalue weighted by atomic mass is 16.2. The number of Topliss-reactive ketones (excluding diaryl/α,β-unsaturated/α-hetero) is 1. The minimum Gasteiger partial charge on any atom is -0.338 e. The summed E-state index contributed by atoms with van der Waals surface area (Å²) in [5, 5.41) is 6.08. The Balaban J connectivity index is 1.60. The summed E-state index contributed by atoms with van der Waals surface area (Å²) in [5.41, 5.74) is 2.23. The molecule has 2 N–H and O–H groups in total. The van der Waals surface area contributed by atoms with E-state index in [2.05, 4.69) is 34.5 Å². The van der Waals surface area contributed by atoms with Crippen LogP contribution in [0.2, 0.25) is 0 Å². The van der Waals surface area contributed by atoms with Crippen molar-refractivity contribution in [2.45, 2.75) is 32.2 Å². The van der Waals surface area contributed by atoms with Crippen LogP contribution < -0.4 is 10.6 Å². The summed E-state index contributed by atoms with van der Waals surface area (Å²) < 4.78 is 0. The van der Waals surface area contributed by atoms with Crippen LogP contribution in [0.5, 0.6) is 0 Å². The van der Waals surface area contributed by atoms with Gasteiger partial charge in [0.25, 0.3) is 5.91 Å². The van der Waals surface area contributed by atoms with Gasteiger partial charge in [-0.3, -0.25) is 9.59 Å². The average Bonchev–Trinajstić information content (AvgIpc) is 2.80. The van der Waals surface area contributed by atoms with E-state index in [1.165, 1.54) is 0 Å². The molecular weight excluding hydrogens is 340 g/mol. The lowest BCUT2D eigenvalue weighted by molar-refractivity contribution is 0.0907. The molecule has 27 heavy (non-hydrogen) atoms. The molecule has 1 fully saturated rings. The van der Waals surface area contributed by atoms with E-state index in [-0.39, 0.29) is 11.7 Å². The average molecular weight is 364 g/mol. The Kier molecular flexibility index (Phi) is 4.66. The molecule has 3 heterocycles. The number of rotatable bonds is 3. The van der Waals surface area contributed by atoms with Gasteiger partial charge in [-0.25, -0.2) is 4.98 Å². The zero-order chi connectivity index (χ0) is 19.0. The number of pyridine rings is 1. The van der Waals surface area contributed by atoms with Gasteiger partial charge >= 0.3 is 0 Å². The number of likely N-dealkylation sites (tertiary alicyclic amines) is 1. The molecule has 1 saturated heterocycles. The summed E-state index contributed by atoms with van der Waals surface area (Å²) in [6.45, 7) is 3.22. The summed E-state index contributed by atoms with van der Waals surface area (Å²) in [7, 11) is 2.13. The quantitative estimate of drug-likeness (QED) is 0.813. The maximum atomic E-state index is 13.0. The Morgan fingerprint density at radius 2 is 2.07 bits per heavy atom. The SMILES string of the molecule is CC1CC(CC(=O)c2ccnc3c2NC(=O)c2ccccc2N3)CCN1C. The maximum Gasteiger partial charge on any atom is 0.257 e. The maximum absolute atomic E-state index is 13.0. The van der Waals surface area contributed by atoms with Crippen LogP contribution in [0.4, 0.5) is 17.2 Å². The molecule has 6 heteroatoms. The van der Waals surface area contributed by atoms with Crippen molar-refractivity contribution in [2.24, 2.45) is 5.92 Å². The van der Waals surface area contributed by atoms with Gasteiger partial charge in [-0.2, -0.15) is 0 Å². The van der Waals surface area contributed by atoms with Crippen LogP contribution in [0.3, 0.4) is 0 Å².